The molecule has 4 aromatic rings. The molecule has 0 aliphatic heterocycles. The highest BCUT2D eigenvalue weighted by molar-refractivity contribution is 5.93. The van der Waals surface area contributed by atoms with Crippen LogP contribution in [0.2, 0.25) is 0 Å². The van der Waals surface area contributed by atoms with E-state index in [9.17, 15) is 0 Å². The van der Waals surface area contributed by atoms with Crippen LogP contribution < -0.4 is 10.1 Å². The Bertz CT molecular complexity index is 1140. The first kappa shape index (κ1) is 18.5. The van der Waals surface area contributed by atoms with Crippen molar-refractivity contribution in [3.05, 3.63) is 43.0 Å². The van der Waals surface area contributed by atoms with Gasteiger partial charge in [0.2, 0.25) is 5.88 Å². The van der Waals surface area contributed by atoms with Crippen molar-refractivity contribution in [1.29, 1.82) is 0 Å². The third kappa shape index (κ3) is 3.47. The lowest BCUT2D eigenvalue weighted by atomic mass is 9.93. The normalized spacial score (nSPS) is 19.1. The topological polar surface area (TPSA) is 95.6 Å². The Hall–Kier alpha value is -3.49. The number of aryl methyl sites for hydroxylation is 1. The van der Waals surface area contributed by atoms with Crippen LogP contribution in [0.25, 0.3) is 22.2 Å². The van der Waals surface area contributed by atoms with Crippen LogP contribution in [-0.4, -0.2) is 47.9 Å². The smallest absolute Gasteiger partial charge is 0.233 e. The van der Waals surface area contributed by atoms with Crippen molar-refractivity contribution in [3.8, 4) is 17.1 Å². The molecule has 0 amide bonds. The van der Waals surface area contributed by atoms with E-state index in [1.54, 1.807) is 10.9 Å². The highest BCUT2D eigenvalue weighted by Gasteiger charge is 2.27. The van der Waals surface area contributed by atoms with Gasteiger partial charge in [-0.25, -0.2) is 4.98 Å². The Morgan fingerprint density at radius 1 is 1.17 bits per heavy atom. The molecule has 1 fully saturated rings. The largest absolute Gasteiger partial charge is 0.473 e. The van der Waals surface area contributed by atoms with Gasteiger partial charge in [-0.15, -0.1) is 5.10 Å². The van der Waals surface area contributed by atoms with Gasteiger partial charge in [-0.05, 0) is 31.7 Å². The number of rotatable bonds is 5. The first-order valence-corrected chi connectivity index (χ1v) is 10.2. The molecule has 4 aromatic heterocycles. The minimum atomic E-state index is 0.159. The number of pyridine rings is 1. The van der Waals surface area contributed by atoms with E-state index in [-0.39, 0.29) is 6.10 Å². The van der Waals surface area contributed by atoms with Gasteiger partial charge >= 0.3 is 0 Å². The van der Waals surface area contributed by atoms with E-state index in [0.29, 0.717) is 11.9 Å². The molecule has 30 heavy (non-hydrogen) atoms. The quantitative estimate of drug-likeness (QED) is 0.545. The zero-order valence-electron chi connectivity index (χ0n) is 17.1. The summed E-state index contributed by atoms with van der Waals surface area (Å²) in [5.41, 5.74) is 3.01. The fourth-order valence-electron chi connectivity index (χ4n) is 4.13. The van der Waals surface area contributed by atoms with E-state index in [2.05, 4.69) is 36.3 Å². The predicted molar refractivity (Wildman–Crippen MR) is 113 cm³/mol. The molecule has 1 saturated carbocycles. The van der Waals surface area contributed by atoms with Crippen LogP contribution in [0.5, 0.6) is 5.88 Å². The zero-order valence-corrected chi connectivity index (χ0v) is 17.1. The summed E-state index contributed by atoms with van der Waals surface area (Å²) in [5, 5.41) is 21.4. The molecule has 154 valence electrons. The molecule has 0 saturated heterocycles. The summed E-state index contributed by atoms with van der Waals surface area (Å²) in [6.45, 7) is 0. The number of nitrogens with one attached hydrogen (secondary N) is 1. The van der Waals surface area contributed by atoms with E-state index in [1.165, 1.54) is 0 Å². The van der Waals surface area contributed by atoms with E-state index in [1.807, 2.05) is 44.8 Å². The molecule has 0 unspecified atom stereocenters. The molecule has 1 N–H and O–H groups in total. The molecular weight excluding hydrogens is 380 g/mol. The first-order chi connectivity index (χ1) is 14.7. The van der Waals surface area contributed by atoms with Gasteiger partial charge in [0.15, 0.2) is 0 Å². The predicted octanol–water partition coefficient (Wildman–Crippen LogP) is 3.23. The minimum Gasteiger partial charge on any atom is -0.473 e. The first-order valence-electron chi connectivity index (χ1n) is 10.2. The molecule has 1 aliphatic carbocycles. The summed E-state index contributed by atoms with van der Waals surface area (Å²) in [4.78, 5) is 4.51. The van der Waals surface area contributed by atoms with Crippen molar-refractivity contribution in [2.45, 2.75) is 37.8 Å². The third-order valence-corrected chi connectivity index (χ3v) is 5.65. The van der Waals surface area contributed by atoms with E-state index < -0.39 is 0 Å². The van der Waals surface area contributed by atoms with Crippen LogP contribution in [0, 0.1) is 0 Å². The molecule has 9 heteroatoms. The monoisotopic (exact) mass is 404 g/mol. The van der Waals surface area contributed by atoms with Gasteiger partial charge in [-0.1, -0.05) is 0 Å². The fourth-order valence-corrected chi connectivity index (χ4v) is 4.13. The van der Waals surface area contributed by atoms with E-state index in [0.717, 1.165) is 53.7 Å². The lowest BCUT2D eigenvalue weighted by molar-refractivity contribution is 0.124. The molecule has 1 aliphatic rings. The Balaban J connectivity index is 1.42. The minimum absolute atomic E-state index is 0.159. The summed E-state index contributed by atoms with van der Waals surface area (Å²) in [6, 6.07) is 6.08. The standard InChI is InChI=1S/C21H24N8O/c1-22-19-10-18-17(12-23-19)21(14-11-25-28(2)13-14)27-29(18)15-5-7-16(8-6-15)30-20-4-3-9-24-26-20/h3-4,9-13,15-16H,5-8H2,1-2H3,(H,22,23)/t15-,16+. The number of fused-ring (bicyclic) bond motifs is 1. The van der Waals surface area contributed by atoms with Gasteiger partial charge in [0, 0.05) is 55.8 Å². The van der Waals surface area contributed by atoms with Gasteiger partial charge in [0.25, 0.3) is 0 Å². The zero-order chi connectivity index (χ0) is 20.5. The van der Waals surface area contributed by atoms with Crippen molar-refractivity contribution in [3.63, 3.8) is 0 Å². The average Bonchev–Trinajstić information content (AvgIpc) is 3.38. The second-order valence-corrected chi connectivity index (χ2v) is 7.64. The van der Waals surface area contributed by atoms with Crippen LogP contribution in [0.3, 0.4) is 0 Å². The van der Waals surface area contributed by atoms with Gasteiger partial charge < -0.3 is 10.1 Å². The maximum atomic E-state index is 6.01. The number of ether oxygens (including phenoxy) is 1. The van der Waals surface area contributed by atoms with Crippen LogP contribution in [-0.2, 0) is 7.05 Å². The van der Waals surface area contributed by atoms with Gasteiger partial charge in [-0.3, -0.25) is 9.36 Å². The van der Waals surface area contributed by atoms with Gasteiger partial charge in [-0.2, -0.15) is 15.3 Å². The second-order valence-electron chi connectivity index (χ2n) is 7.64. The van der Waals surface area contributed by atoms with Gasteiger partial charge in [0.1, 0.15) is 17.6 Å². The van der Waals surface area contributed by atoms with Crippen molar-refractivity contribution in [1.82, 2.24) is 34.7 Å². The van der Waals surface area contributed by atoms with Crippen molar-refractivity contribution in [2.24, 2.45) is 7.05 Å². The molecular formula is C21H24N8O. The number of nitrogens with zero attached hydrogens (tertiary/aromatic N) is 7. The lowest BCUT2D eigenvalue weighted by Crippen LogP contribution is -2.26. The molecule has 0 atom stereocenters. The summed E-state index contributed by atoms with van der Waals surface area (Å²) in [7, 11) is 3.80. The number of anilines is 1. The SMILES string of the molecule is CNc1cc2c(cn1)c(-c1cnn(C)c1)nn2[C@H]1CC[C@@H](Oc2cccnn2)CC1. The third-order valence-electron chi connectivity index (χ3n) is 5.65. The van der Waals surface area contributed by atoms with Crippen molar-refractivity contribution < 1.29 is 4.74 Å². The number of hydrogen-bond donors (Lipinski definition) is 1. The molecule has 0 aromatic carbocycles. The van der Waals surface area contributed by atoms with Crippen molar-refractivity contribution >= 4 is 16.7 Å². The Kier molecular flexibility index (Phi) is 4.78. The molecule has 9 nitrogen and oxygen atoms in total. The summed E-state index contributed by atoms with van der Waals surface area (Å²) >= 11 is 0. The lowest BCUT2D eigenvalue weighted by Gasteiger charge is -2.29. The highest BCUT2D eigenvalue weighted by Crippen LogP contribution is 2.36. The van der Waals surface area contributed by atoms with Crippen LogP contribution >= 0.6 is 0 Å². The number of hydrogen-bond acceptors (Lipinski definition) is 7. The van der Waals surface area contributed by atoms with E-state index >= 15 is 0 Å². The second kappa shape index (κ2) is 7.74. The number of aromatic nitrogens is 7. The highest BCUT2D eigenvalue weighted by atomic mass is 16.5. The summed E-state index contributed by atoms with van der Waals surface area (Å²) < 4.78 is 9.97. The molecule has 0 radical (unpaired) electrons. The molecule has 5 rings (SSSR count). The van der Waals surface area contributed by atoms with Crippen molar-refractivity contribution in [2.75, 3.05) is 12.4 Å². The fraction of sp³-hybridized carbons (Fsp3) is 0.381. The molecule has 0 bridgehead atoms. The average molecular weight is 404 g/mol. The Labute approximate surface area is 174 Å². The van der Waals surface area contributed by atoms with E-state index in [4.69, 9.17) is 9.84 Å². The molecule has 4 heterocycles. The summed E-state index contributed by atoms with van der Waals surface area (Å²) in [5.74, 6) is 1.43. The van der Waals surface area contributed by atoms with Gasteiger partial charge in [0.05, 0.1) is 17.8 Å². The summed E-state index contributed by atoms with van der Waals surface area (Å²) in [6.07, 6.45) is 11.4. The van der Waals surface area contributed by atoms with Crippen LogP contribution in [0.1, 0.15) is 31.7 Å². The van der Waals surface area contributed by atoms with Crippen LogP contribution in [0.15, 0.2) is 43.0 Å². The van der Waals surface area contributed by atoms with Crippen LogP contribution in [0.4, 0.5) is 5.82 Å². The Morgan fingerprint density at radius 2 is 2.03 bits per heavy atom. The molecule has 0 spiro atoms. The maximum Gasteiger partial charge on any atom is 0.233 e. The maximum absolute atomic E-state index is 6.01. The Morgan fingerprint density at radius 3 is 2.73 bits per heavy atom.